The highest BCUT2D eigenvalue weighted by atomic mass is 79.9. The van der Waals surface area contributed by atoms with Crippen LogP contribution >= 0.6 is 15.9 Å². The van der Waals surface area contributed by atoms with Crippen molar-refractivity contribution in [3.63, 3.8) is 0 Å². The van der Waals surface area contributed by atoms with E-state index >= 15 is 0 Å². The minimum absolute atomic E-state index is 0.965. The first-order valence-corrected chi connectivity index (χ1v) is 7.07. The van der Waals surface area contributed by atoms with Crippen molar-refractivity contribution in [1.29, 1.82) is 0 Å². The Labute approximate surface area is 120 Å². The van der Waals surface area contributed by atoms with Gasteiger partial charge in [0.2, 0.25) is 0 Å². The van der Waals surface area contributed by atoms with Gasteiger partial charge in [0, 0.05) is 27.8 Å². The number of hydrogen-bond donors (Lipinski definition) is 0. The molecule has 3 aromatic rings. The first-order chi connectivity index (χ1) is 9.28. The number of nitrogens with zero attached hydrogens (tertiary/aromatic N) is 2. The van der Waals surface area contributed by atoms with E-state index in [1.807, 2.05) is 36.7 Å². The van der Waals surface area contributed by atoms with Gasteiger partial charge in [0.1, 0.15) is 0 Å². The van der Waals surface area contributed by atoms with Crippen LogP contribution in [0.4, 0.5) is 0 Å². The molecule has 0 N–H and O–H groups in total. The number of benzene rings is 1. The van der Waals surface area contributed by atoms with E-state index in [0.717, 1.165) is 27.7 Å². The van der Waals surface area contributed by atoms with Crippen molar-refractivity contribution in [3.05, 3.63) is 58.8 Å². The van der Waals surface area contributed by atoms with Crippen molar-refractivity contribution in [2.75, 3.05) is 0 Å². The van der Waals surface area contributed by atoms with Gasteiger partial charge < -0.3 is 0 Å². The smallest absolute Gasteiger partial charge is 0.0742 e. The Morgan fingerprint density at radius 1 is 1.05 bits per heavy atom. The number of pyridine rings is 2. The van der Waals surface area contributed by atoms with Gasteiger partial charge >= 0.3 is 0 Å². The van der Waals surface area contributed by atoms with Crippen LogP contribution in [0.2, 0.25) is 0 Å². The summed E-state index contributed by atoms with van der Waals surface area (Å²) in [6, 6.07) is 12.4. The zero-order valence-corrected chi connectivity index (χ0v) is 12.2. The molecule has 0 spiro atoms. The molecular formula is C16H13BrN2. The van der Waals surface area contributed by atoms with Crippen LogP contribution in [0.3, 0.4) is 0 Å². The second kappa shape index (κ2) is 5.10. The van der Waals surface area contributed by atoms with Gasteiger partial charge in [-0.05, 0) is 48.4 Å². The van der Waals surface area contributed by atoms with Crippen molar-refractivity contribution < 1.29 is 0 Å². The minimum Gasteiger partial charge on any atom is -0.265 e. The third kappa shape index (κ3) is 2.38. The first-order valence-electron chi connectivity index (χ1n) is 6.27. The summed E-state index contributed by atoms with van der Waals surface area (Å²) in [6.07, 6.45) is 4.58. The standard InChI is InChI=1S/C16H13BrN2/c1-2-11-9-13-10-14(17)3-4-15(13)19-16(11)12-5-7-18-8-6-12/h3-10H,2H2,1H3. The van der Waals surface area contributed by atoms with Crippen LogP contribution in [0, 0.1) is 0 Å². The average Bonchev–Trinajstić information content (AvgIpc) is 2.46. The molecule has 3 rings (SSSR count). The monoisotopic (exact) mass is 312 g/mol. The molecule has 2 nitrogen and oxygen atoms in total. The maximum absolute atomic E-state index is 4.81. The lowest BCUT2D eigenvalue weighted by molar-refractivity contribution is 1.12. The third-order valence-corrected chi connectivity index (χ3v) is 3.68. The zero-order chi connectivity index (χ0) is 13.2. The van der Waals surface area contributed by atoms with Crippen LogP contribution in [0.5, 0.6) is 0 Å². The predicted molar refractivity (Wildman–Crippen MR) is 82.1 cm³/mol. The van der Waals surface area contributed by atoms with Crippen LogP contribution < -0.4 is 0 Å². The van der Waals surface area contributed by atoms with E-state index in [1.54, 1.807) is 0 Å². The van der Waals surface area contributed by atoms with E-state index in [-0.39, 0.29) is 0 Å². The minimum atomic E-state index is 0.965. The second-order valence-electron chi connectivity index (χ2n) is 4.42. The molecule has 2 aromatic heterocycles. The van der Waals surface area contributed by atoms with Gasteiger partial charge in [-0.1, -0.05) is 22.9 Å². The van der Waals surface area contributed by atoms with E-state index < -0.39 is 0 Å². The molecule has 0 unspecified atom stereocenters. The summed E-state index contributed by atoms with van der Waals surface area (Å²) >= 11 is 3.51. The Hall–Kier alpha value is -1.74. The van der Waals surface area contributed by atoms with Gasteiger partial charge in [0.15, 0.2) is 0 Å². The second-order valence-corrected chi connectivity index (χ2v) is 5.34. The molecule has 94 valence electrons. The Balaban J connectivity index is 2.27. The Kier molecular flexibility index (Phi) is 3.30. The van der Waals surface area contributed by atoms with Crippen molar-refractivity contribution in [1.82, 2.24) is 9.97 Å². The van der Waals surface area contributed by atoms with E-state index in [2.05, 4.69) is 40.0 Å². The summed E-state index contributed by atoms with van der Waals surface area (Å²) in [7, 11) is 0. The zero-order valence-electron chi connectivity index (χ0n) is 10.6. The molecule has 19 heavy (non-hydrogen) atoms. The van der Waals surface area contributed by atoms with Crippen LogP contribution in [0.15, 0.2) is 53.3 Å². The van der Waals surface area contributed by atoms with Crippen LogP contribution in [0.25, 0.3) is 22.2 Å². The van der Waals surface area contributed by atoms with Gasteiger partial charge in [-0.2, -0.15) is 0 Å². The van der Waals surface area contributed by atoms with Crippen LogP contribution in [0.1, 0.15) is 12.5 Å². The lowest BCUT2D eigenvalue weighted by atomic mass is 10.0. The van der Waals surface area contributed by atoms with E-state index in [9.17, 15) is 0 Å². The Morgan fingerprint density at radius 3 is 2.58 bits per heavy atom. The van der Waals surface area contributed by atoms with E-state index in [0.29, 0.717) is 0 Å². The van der Waals surface area contributed by atoms with Crippen molar-refractivity contribution in [3.8, 4) is 11.3 Å². The lowest BCUT2D eigenvalue weighted by Crippen LogP contribution is -1.93. The highest BCUT2D eigenvalue weighted by Crippen LogP contribution is 2.27. The van der Waals surface area contributed by atoms with Gasteiger partial charge in [-0.25, -0.2) is 4.98 Å². The van der Waals surface area contributed by atoms with Gasteiger partial charge in [0.05, 0.1) is 11.2 Å². The number of rotatable bonds is 2. The maximum atomic E-state index is 4.81. The quantitative estimate of drug-likeness (QED) is 0.690. The molecule has 0 aliphatic rings. The molecular weight excluding hydrogens is 300 g/mol. The predicted octanol–water partition coefficient (Wildman–Crippen LogP) is 4.62. The molecule has 0 saturated carbocycles. The summed E-state index contributed by atoms with van der Waals surface area (Å²) in [5.41, 5.74) is 4.46. The Bertz CT molecular complexity index is 723. The SMILES string of the molecule is CCc1cc2cc(Br)ccc2nc1-c1ccncc1. The normalized spacial score (nSPS) is 10.8. The van der Waals surface area contributed by atoms with E-state index in [4.69, 9.17) is 4.98 Å². The average molecular weight is 313 g/mol. The molecule has 0 bridgehead atoms. The summed E-state index contributed by atoms with van der Waals surface area (Å²) in [5, 5.41) is 1.17. The lowest BCUT2D eigenvalue weighted by Gasteiger charge is -2.09. The molecule has 2 heterocycles. The Morgan fingerprint density at radius 2 is 1.84 bits per heavy atom. The summed E-state index contributed by atoms with van der Waals surface area (Å²) in [4.78, 5) is 8.88. The fourth-order valence-corrected chi connectivity index (χ4v) is 2.60. The molecule has 0 amide bonds. The molecule has 1 aromatic carbocycles. The summed E-state index contributed by atoms with van der Waals surface area (Å²) in [6.45, 7) is 2.16. The fourth-order valence-electron chi connectivity index (χ4n) is 2.22. The van der Waals surface area contributed by atoms with Crippen molar-refractivity contribution in [2.24, 2.45) is 0 Å². The number of hydrogen-bond acceptors (Lipinski definition) is 2. The van der Waals surface area contributed by atoms with Crippen molar-refractivity contribution in [2.45, 2.75) is 13.3 Å². The number of aryl methyl sites for hydroxylation is 1. The molecule has 0 saturated heterocycles. The molecule has 0 aliphatic carbocycles. The largest absolute Gasteiger partial charge is 0.265 e. The third-order valence-electron chi connectivity index (χ3n) is 3.19. The summed E-state index contributed by atoms with van der Waals surface area (Å²) < 4.78 is 1.08. The number of aromatic nitrogens is 2. The number of fused-ring (bicyclic) bond motifs is 1. The molecule has 0 atom stereocenters. The first kappa shape index (κ1) is 12.3. The molecule has 3 heteroatoms. The van der Waals surface area contributed by atoms with Gasteiger partial charge in [0.25, 0.3) is 0 Å². The molecule has 0 radical (unpaired) electrons. The number of halogens is 1. The van der Waals surface area contributed by atoms with Crippen LogP contribution in [-0.4, -0.2) is 9.97 Å². The van der Waals surface area contributed by atoms with Crippen LogP contribution in [-0.2, 0) is 6.42 Å². The highest BCUT2D eigenvalue weighted by Gasteiger charge is 2.08. The fraction of sp³-hybridized carbons (Fsp3) is 0.125. The maximum Gasteiger partial charge on any atom is 0.0742 e. The van der Waals surface area contributed by atoms with Gasteiger partial charge in [-0.15, -0.1) is 0 Å². The van der Waals surface area contributed by atoms with E-state index in [1.165, 1.54) is 10.9 Å². The van der Waals surface area contributed by atoms with Crippen molar-refractivity contribution >= 4 is 26.8 Å². The molecule has 0 aliphatic heterocycles. The molecule has 0 fully saturated rings. The summed E-state index contributed by atoms with van der Waals surface area (Å²) in [5.74, 6) is 0. The highest BCUT2D eigenvalue weighted by molar-refractivity contribution is 9.10. The topological polar surface area (TPSA) is 25.8 Å². The van der Waals surface area contributed by atoms with Gasteiger partial charge in [-0.3, -0.25) is 4.98 Å².